The van der Waals surface area contributed by atoms with Gasteiger partial charge in [0.25, 0.3) is 5.91 Å². The van der Waals surface area contributed by atoms with Gasteiger partial charge in [-0.3, -0.25) is 4.79 Å². The summed E-state index contributed by atoms with van der Waals surface area (Å²) < 4.78 is 5.78. The van der Waals surface area contributed by atoms with Gasteiger partial charge in [0, 0.05) is 11.8 Å². The molecule has 3 rings (SSSR count). The molecule has 3 N–H and O–H groups in total. The van der Waals surface area contributed by atoms with Crippen molar-refractivity contribution in [2.24, 2.45) is 5.73 Å². The molecule has 110 valence electrons. The average Bonchev–Trinajstić information content (AvgIpc) is 3.11. The lowest BCUT2D eigenvalue weighted by Gasteiger charge is -2.11. The van der Waals surface area contributed by atoms with E-state index in [0.29, 0.717) is 12.2 Å². The Labute approximate surface area is 127 Å². The maximum absolute atomic E-state index is 12.0. The molecule has 6 heteroatoms. The Morgan fingerprint density at radius 2 is 2.38 bits per heavy atom. The highest BCUT2D eigenvalue weighted by Gasteiger charge is 2.23. The number of rotatable bonds is 4. The van der Waals surface area contributed by atoms with Gasteiger partial charge in [-0.1, -0.05) is 18.2 Å². The molecule has 0 saturated heterocycles. The molecule has 0 radical (unpaired) electrons. The lowest BCUT2D eigenvalue weighted by molar-refractivity contribution is 0.0929. The number of hydrogen-bond donors (Lipinski definition) is 2. The molecular weight excluding hydrogens is 286 g/mol. The number of carbonyl (C=O) groups excluding carboxylic acids is 1. The molecule has 0 saturated carbocycles. The van der Waals surface area contributed by atoms with Crippen LogP contribution >= 0.6 is 11.3 Å². The molecule has 0 fully saturated rings. The van der Waals surface area contributed by atoms with Gasteiger partial charge in [-0.15, -0.1) is 11.3 Å². The van der Waals surface area contributed by atoms with Gasteiger partial charge >= 0.3 is 0 Å². The zero-order valence-electron chi connectivity index (χ0n) is 11.7. The maximum atomic E-state index is 12.0. The molecule has 0 bridgehead atoms. The van der Waals surface area contributed by atoms with E-state index in [4.69, 9.17) is 10.5 Å². The fourth-order valence-electron chi connectivity index (χ4n) is 2.27. The SMILES string of the molecule is CC(N)c1nc(C(=O)NCC2Cc3ccccc3O2)cs1. The molecule has 5 nitrogen and oxygen atoms in total. The molecular formula is C15H17N3O2S. The van der Waals surface area contributed by atoms with Crippen molar-refractivity contribution in [3.8, 4) is 5.75 Å². The van der Waals surface area contributed by atoms with Crippen LogP contribution in [0.5, 0.6) is 5.75 Å². The Kier molecular flexibility index (Phi) is 3.90. The van der Waals surface area contributed by atoms with E-state index in [1.165, 1.54) is 16.9 Å². The number of carbonyl (C=O) groups is 1. The average molecular weight is 303 g/mol. The van der Waals surface area contributed by atoms with Crippen molar-refractivity contribution in [1.82, 2.24) is 10.3 Å². The normalized spacial score (nSPS) is 17.9. The number of ether oxygens (including phenoxy) is 1. The van der Waals surface area contributed by atoms with E-state index in [0.717, 1.165) is 17.2 Å². The Bertz CT molecular complexity index is 629. The number of fused-ring (bicyclic) bond motifs is 1. The van der Waals surface area contributed by atoms with E-state index >= 15 is 0 Å². The summed E-state index contributed by atoms with van der Waals surface area (Å²) >= 11 is 1.41. The van der Waals surface area contributed by atoms with E-state index in [1.54, 1.807) is 5.38 Å². The fourth-order valence-corrected chi connectivity index (χ4v) is 3.02. The summed E-state index contributed by atoms with van der Waals surface area (Å²) in [6.45, 7) is 2.32. The zero-order valence-corrected chi connectivity index (χ0v) is 12.5. The Morgan fingerprint density at radius 1 is 1.57 bits per heavy atom. The summed E-state index contributed by atoms with van der Waals surface area (Å²) in [5.74, 6) is 0.724. The fraction of sp³-hybridized carbons (Fsp3) is 0.333. The number of benzene rings is 1. The molecule has 1 aromatic heterocycles. The van der Waals surface area contributed by atoms with Gasteiger partial charge in [0.15, 0.2) is 0 Å². The van der Waals surface area contributed by atoms with Crippen LogP contribution in [0.1, 0.15) is 34.0 Å². The molecule has 0 spiro atoms. The second-order valence-electron chi connectivity index (χ2n) is 5.12. The van der Waals surface area contributed by atoms with Crippen LogP contribution < -0.4 is 15.8 Å². The van der Waals surface area contributed by atoms with Crippen molar-refractivity contribution in [3.63, 3.8) is 0 Å². The number of aromatic nitrogens is 1. The molecule has 2 heterocycles. The van der Waals surface area contributed by atoms with Gasteiger partial charge in [0.1, 0.15) is 22.6 Å². The molecule has 0 aliphatic carbocycles. The van der Waals surface area contributed by atoms with E-state index in [1.807, 2.05) is 31.2 Å². The van der Waals surface area contributed by atoms with Gasteiger partial charge in [0.2, 0.25) is 0 Å². The van der Waals surface area contributed by atoms with Gasteiger partial charge < -0.3 is 15.8 Å². The quantitative estimate of drug-likeness (QED) is 0.904. The van der Waals surface area contributed by atoms with Crippen LogP contribution in [0.3, 0.4) is 0 Å². The van der Waals surface area contributed by atoms with Gasteiger partial charge in [-0.2, -0.15) is 0 Å². The predicted molar refractivity (Wildman–Crippen MR) is 81.6 cm³/mol. The van der Waals surface area contributed by atoms with Gasteiger partial charge in [-0.05, 0) is 18.6 Å². The second kappa shape index (κ2) is 5.83. The predicted octanol–water partition coefficient (Wildman–Crippen LogP) is 1.90. The number of thiazole rings is 1. The topological polar surface area (TPSA) is 77.2 Å². The highest BCUT2D eigenvalue weighted by atomic mass is 32.1. The lowest BCUT2D eigenvalue weighted by Crippen LogP contribution is -2.34. The summed E-state index contributed by atoms with van der Waals surface area (Å²) in [6, 6.07) is 7.79. The van der Waals surface area contributed by atoms with Gasteiger partial charge in [-0.25, -0.2) is 4.98 Å². The van der Waals surface area contributed by atoms with Crippen LogP contribution in [0.2, 0.25) is 0 Å². The lowest BCUT2D eigenvalue weighted by atomic mass is 10.1. The van der Waals surface area contributed by atoms with Crippen LogP contribution in [-0.4, -0.2) is 23.5 Å². The molecule has 1 aromatic carbocycles. The summed E-state index contributed by atoms with van der Waals surface area (Å²) in [4.78, 5) is 16.3. The Balaban J connectivity index is 1.55. The van der Waals surface area contributed by atoms with E-state index in [-0.39, 0.29) is 18.1 Å². The summed E-state index contributed by atoms with van der Waals surface area (Å²) in [6.07, 6.45) is 0.802. The van der Waals surface area contributed by atoms with Crippen molar-refractivity contribution < 1.29 is 9.53 Å². The molecule has 21 heavy (non-hydrogen) atoms. The van der Waals surface area contributed by atoms with Crippen LogP contribution in [0.4, 0.5) is 0 Å². The van der Waals surface area contributed by atoms with Crippen molar-refractivity contribution in [2.45, 2.75) is 25.5 Å². The van der Waals surface area contributed by atoms with Crippen molar-refractivity contribution in [1.29, 1.82) is 0 Å². The smallest absolute Gasteiger partial charge is 0.270 e. The summed E-state index contributed by atoms with van der Waals surface area (Å²) in [7, 11) is 0. The molecule has 2 atom stereocenters. The first kappa shape index (κ1) is 14.0. The number of amides is 1. The molecule has 1 aliphatic heterocycles. The molecule has 2 unspecified atom stereocenters. The standard InChI is InChI=1S/C15H17N3O2S/c1-9(16)15-18-12(8-21-15)14(19)17-7-11-6-10-4-2-3-5-13(10)20-11/h2-5,8-9,11H,6-7,16H2,1H3,(H,17,19). The monoisotopic (exact) mass is 303 g/mol. The first-order valence-corrected chi connectivity index (χ1v) is 7.75. The third-order valence-corrected chi connectivity index (χ3v) is 4.39. The van der Waals surface area contributed by atoms with Crippen LogP contribution in [0, 0.1) is 0 Å². The first-order chi connectivity index (χ1) is 10.1. The van der Waals surface area contributed by atoms with E-state index in [9.17, 15) is 4.79 Å². The zero-order chi connectivity index (χ0) is 14.8. The third kappa shape index (κ3) is 3.06. The largest absolute Gasteiger partial charge is 0.488 e. The number of nitrogens with one attached hydrogen (secondary N) is 1. The number of hydrogen-bond acceptors (Lipinski definition) is 5. The molecule has 2 aromatic rings. The minimum absolute atomic E-state index is 0.0158. The van der Waals surface area contributed by atoms with E-state index < -0.39 is 0 Å². The Morgan fingerprint density at radius 3 is 3.10 bits per heavy atom. The molecule has 1 amide bonds. The minimum Gasteiger partial charge on any atom is -0.488 e. The second-order valence-corrected chi connectivity index (χ2v) is 6.01. The van der Waals surface area contributed by atoms with Crippen LogP contribution in [-0.2, 0) is 6.42 Å². The Hall–Kier alpha value is -1.92. The minimum atomic E-state index is -0.183. The van der Waals surface area contributed by atoms with Crippen molar-refractivity contribution in [2.75, 3.05) is 6.54 Å². The maximum Gasteiger partial charge on any atom is 0.270 e. The number of para-hydroxylation sites is 1. The van der Waals surface area contributed by atoms with Crippen LogP contribution in [0.25, 0.3) is 0 Å². The summed E-state index contributed by atoms with van der Waals surface area (Å²) in [5.41, 5.74) is 7.35. The van der Waals surface area contributed by atoms with Crippen LogP contribution in [0.15, 0.2) is 29.6 Å². The van der Waals surface area contributed by atoms with Crippen molar-refractivity contribution >= 4 is 17.2 Å². The van der Waals surface area contributed by atoms with Gasteiger partial charge in [0.05, 0.1) is 12.6 Å². The highest BCUT2D eigenvalue weighted by Crippen LogP contribution is 2.27. The molecule has 1 aliphatic rings. The first-order valence-electron chi connectivity index (χ1n) is 6.87. The number of nitrogens with zero attached hydrogens (tertiary/aromatic N) is 1. The summed E-state index contributed by atoms with van der Waals surface area (Å²) in [5, 5.41) is 5.37. The highest BCUT2D eigenvalue weighted by molar-refractivity contribution is 7.09. The van der Waals surface area contributed by atoms with E-state index in [2.05, 4.69) is 10.3 Å². The number of nitrogens with two attached hydrogens (primary N) is 1. The third-order valence-electron chi connectivity index (χ3n) is 3.35. The van der Waals surface area contributed by atoms with Crippen molar-refractivity contribution in [3.05, 3.63) is 45.9 Å².